The number of carbonyl (C=O) groups excluding carboxylic acids is 1. The molecule has 118 valence electrons. The number of carbonyl (C=O) groups is 1. The molecule has 2 heterocycles. The van der Waals surface area contributed by atoms with E-state index in [0.717, 1.165) is 4.88 Å². The Morgan fingerprint density at radius 2 is 2.26 bits per heavy atom. The molecule has 6 nitrogen and oxygen atoms in total. The first-order valence-corrected chi connectivity index (χ1v) is 8.05. The fraction of sp³-hybridized carbons (Fsp3) is 0.133. The SMILES string of the molecule is CNC(=O)c1ccc(Cl)c(NCc2nc(-c3cccs3)no2)c1. The zero-order valence-corrected chi connectivity index (χ0v) is 13.7. The highest BCUT2D eigenvalue weighted by atomic mass is 35.5. The minimum absolute atomic E-state index is 0.178. The van der Waals surface area contributed by atoms with Crippen molar-refractivity contribution in [1.82, 2.24) is 15.5 Å². The molecule has 1 amide bonds. The van der Waals surface area contributed by atoms with Gasteiger partial charge in [0.15, 0.2) is 0 Å². The second-order valence-electron chi connectivity index (χ2n) is 4.62. The third kappa shape index (κ3) is 3.52. The highest BCUT2D eigenvalue weighted by molar-refractivity contribution is 7.13. The first-order valence-electron chi connectivity index (χ1n) is 6.79. The molecule has 0 bridgehead atoms. The molecule has 0 saturated carbocycles. The number of nitrogens with zero attached hydrogens (tertiary/aromatic N) is 2. The van der Waals surface area contributed by atoms with Crippen molar-refractivity contribution in [3.8, 4) is 10.7 Å². The van der Waals surface area contributed by atoms with Crippen LogP contribution in [0.5, 0.6) is 0 Å². The van der Waals surface area contributed by atoms with Crippen LogP contribution in [0.2, 0.25) is 5.02 Å². The van der Waals surface area contributed by atoms with E-state index in [2.05, 4.69) is 20.8 Å². The summed E-state index contributed by atoms with van der Waals surface area (Å²) in [6.45, 7) is 0.315. The predicted molar refractivity (Wildman–Crippen MR) is 89.8 cm³/mol. The normalized spacial score (nSPS) is 10.5. The highest BCUT2D eigenvalue weighted by Crippen LogP contribution is 2.25. The lowest BCUT2D eigenvalue weighted by Gasteiger charge is -2.08. The fourth-order valence-corrected chi connectivity index (χ4v) is 2.78. The second-order valence-corrected chi connectivity index (χ2v) is 5.97. The summed E-state index contributed by atoms with van der Waals surface area (Å²) < 4.78 is 5.21. The zero-order chi connectivity index (χ0) is 16.2. The summed E-state index contributed by atoms with van der Waals surface area (Å²) in [6.07, 6.45) is 0. The minimum atomic E-state index is -0.178. The van der Waals surface area contributed by atoms with E-state index in [9.17, 15) is 4.79 Å². The Hall–Kier alpha value is -2.38. The summed E-state index contributed by atoms with van der Waals surface area (Å²) in [5.74, 6) is 0.819. The first kappa shape index (κ1) is 15.5. The number of thiophene rings is 1. The van der Waals surface area contributed by atoms with Gasteiger partial charge < -0.3 is 15.2 Å². The van der Waals surface area contributed by atoms with Crippen LogP contribution in [0.25, 0.3) is 10.7 Å². The minimum Gasteiger partial charge on any atom is -0.375 e. The largest absolute Gasteiger partial charge is 0.375 e. The Balaban J connectivity index is 1.72. The topological polar surface area (TPSA) is 80.0 Å². The van der Waals surface area contributed by atoms with Crippen molar-refractivity contribution in [3.63, 3.8) is 0 Å². The van der Waals surface area contributed by atoms with Crippen LogP contribution in [0.4, 0.5) is 5.69 Å². The molecule has 0 radical (unpaired) electrons. The summed E-state index contributed by atoms with van der Waals surface area (Å²) in [6, 6.07) is 8.86. The molecule has 0 aliphatic heterocycles. The van der Waals surface area contributed by atoms with Gasteiger partial charge in [-0.15, -0.1) is 11.3 Å². The number of hydrogen-bond donors (Lipinski definition) is 2. The van der Waals surface area contributed by atoms with Gasteiger partial charge in [-0.2, -0.15) is 4.98 Å². The molecule has 3 aromatic rings. The van der Waals surface area contributed by atoms with E-state index >= 15 is 0 Å². The average Bonchev–Trinajstić information content (AvgIpc) is 3.24. The van der Waals surface area contributed by atoms with E-state index < -0.39 is 0 Å². The third-order valence-electron chi connectivity index (χ3n) is 3.10. The maximum atomic E-state index is 11.7. The summed E-state index contributed by atoms with van der Waals surface area (Å²) in [5.41, 5.74) is 1.15. The van der Waals surface area contributed by atoms with Gasteiger partial charge in [-0.05, 0) is 29.6 Å². The van der Waals surface area contributed by atoms with Gasteiger partial charge in [0, 0.05) is 12.6 Å². The van der Waals surface area contributed by atoms with Gasteiger partial charge >= 0.3 is 0 Å². The lowest BCUT2D eigenvalue weighted by molar-refractivity contribution is 0.0963. The van der Waals surface area contributed by atoms with E-state index in [1.807, 2.05) is 17.5 Å². The van der Waals surface area contributed by atoms with Crippen LogP contribution in [-0.4, -0.2) is 23.1 Å². The lowest BCUT2D eigenvalue weighted by Crippen LogP contribution is -2.17. The molecule has 0 spiro atoms. The van der Waals surface area contributed by atoms with Gasteiger partial charge in [0.2, 0.25) is 11.7 Å². The van der Waals surface area contributed by atoms with Crippen molar-refractivity contribution in [3.05, 3.63) is 52.2 Å². The molecule has 0 unspecified atom stereocenters. The number of rotatable bonds is 5. The lowest BCUT2D eigenvalue weighted by atomic mass is 10.2. The molecule has 0 aliphatic rings. The summed E-state index contributed by atoms with van der Waals surface area (Å²) in [7, 11) is 1.58. The highest BCUT2D eigenvalue weighted by Gasteiger charge is 2.11. The quantitative estimate of drug-likeness (QED) is 0.738. The van der Waals surface area contributed by atoms with Gasteiger partial charge in [-0.25, -0.2) is 0 Å². The predicted octanol–water partition coefficient (Wildman–Crippen LogP) is 3.42. The van der Waals surface area contributed by atoms with Gasteiger partial charge in [-0.1, -0.05) is 22.8 Å². The summed E-state index contributed by atoms with van der Waals surface area (Å²) in [5, 5.41) is 12.1. The maximum Gasteiger partial charge on any atom is 0.251 e. The number of amides is 1. The van der Waals surface area contributed by atoms with Crippen molar-refractivity contribution >= 4 is 34.5 Å². The van der Waals surface area contributed by atoms with Crippen molar-refractivity contribution < 1.29 is 9.32 Å². The van der Waals surface area contributed by atoms with Crippen molar-refractivity contribution in [2.75, 3.05) is 12.4 Å². The summed E-state index contributed by atoms with van der Waals surface area (Å²) >= 11 is 7.68. The number of aromatic nitrogens is 2. The number of hydrogen-bond acceptors (Lipinski definition) is 6. The van der Waals surface area contributed by atoms with Gasteiger partial charge in [-0.3, -0.25) is 4.79 Å². The van der Waals surface area contributed by atoms with E-state index in [-0.39, 0.29) is 5.91 Å². The molecule has 0 atom stereocenters. The number of nitrogens with one attached hydrogen (secondary N) is 2. The van der Waals surface area contributed by atoms with Crippen molar-refractivity contribution in [2.45, 2.75) is 6.54 Å². The fourth-order valence-electron chi connectivity index (χ4n) is 1.95. The number of benzene rings is 1. The van der Waals surface area contributed by atoms with Crippen LogP contribution in [0.15, 0.2) is 40.2 Å². The van der Waals surface area contributed by atoms with E-state index in [4.69, 9.17) is 16.1 Å². The van der Waals surface area contributed by atoms with Crippen LogP contribution in [0.1, 0.15) is 16.2 Å². The molecule has 2 N–H and O–H groups in total. The molecule has 0 aliphatic carbocycles. The zero-order valence-electron chi connectivity index (χ0n) is 12.2. The maximum absolute atomic E-state index is 11.7. The van der Waals surface area contributed by atoms with E-state index in [1.54, 1.807) is 36.6 Å². The molecule has 8 heteroatoms. The van der Waals surface area contributed by atoms with Gasteiger partial charge in [0.25, 0.3) is 5.91 Å². The monoisotopic (exact) mass is 348 g/mol. The molecule has 0 fully saturated rings. The molecule has 2 aromatic heterocycles. The number of anilines is 1. The Labute approximate surface area is 141 Å². The molecular formula is C15H13ClN4O2S. The Morgan fingerprint density at radius 1 is 1.39 bits per heavy atom. The Bertz CT molecular complexity index is 817. The van der Waals surface area contributed by atoms with Crippen LogP contribution < -0.4 is 10.6 Å². The average molecular weight is 349 g/mol. The van der Waals surface area contributed by atoms with Gasteiger partial charge in [0.05, 0.1) is 22.1 Å². The molecule has 3 rings (SSSR count). The van der Waals surface area contributed by atoms with Crippen LogP contribution >= 0.6 is 22.9 Å². The van der Waals surface area contributed by atoms with Crippen molar-refractivity contribution in [2.24, 2.45) is 0 Å². The van der Waals surface area contributed by atoms with E-state index in [1.165, 1.54) is 0 Å². The van der Waals surface area contributed by atoms with Crippen LogP contribution in [0, 0.1) is 0 Å². The molecular weight excluding hydrogens is 336 g/mol. The van der Waals surface area contributed by atoms with Crippen LogP contribution in [-0.2, 0) is 6.54 Å². The smallest absolute Gasteiger partial charge is 0.251 e. The second kappa shape index (κ2) is 6.80. The molecule has 23 heavy (non-hydrogen) atoms. The summed E-state index contributed by atoms with van der Waals surface area (Å²) in [4.78, 5) is 16.9. The van der Waals surface area contributed by atoms with Gasteiger partial charge in [0.1, 0.15) is 0 Å². The molecule has 1 aromatic carbocycles. The first-order chi connectivity index (χ1) is 11.2. The third-order valence-corrected chi connectivity index (χ3v) is 4.29. The standard InChI is InChI=1S/C15H13ClN4O2S/c1-17-15(21)9-4-5-10(16)11(7-9)18-8-13-19-14(20-22-13)12-3-2-6-23-12/h2-7,18H,8H2,1H3,(H,17,21). The Kier molecular flexibility index (Phi) is 4.59. The number of halogens is 1. The van der Waals surface area contributed by atoms with Crippen LogP contribution in [0.3, 0.4) is 0 Å². The van der Waals surface area contributed by atoms with Crippen molar-refractivity contribution in [1.29, 1.82) is 0 Å². The Morgan fingerprint density at radius 3 is 3.00 bits per heavy atom. The molecule has 0 saturated heterocycles. The van der Waals surface area contributed by atoms with E-state index in [0.29, 0.717) is 34.5 Å².